The predicted molar refractivity (Wildman–Crippen MR) is 83.1 cm³/mol. The number of aryl methyl sites for hydroxylation is 1. The molecular formula is C17H22N2O2. The standard InChI is InChI=1S/C17H22N2O2/c1-13-10-14-6-2-3-7-15(14)19(13)11-16(20)18-12-17(21)8-4-5-9-17/h2-3,6-7,10,21H,4-5,8-9,11-12H2,1H3,(H,18,20). The van der Waals surface area contributed by atoms with Crippen molar-refractivity contribution < 1.29 is 9.90 Å². The molecule has 21 heavy (non-hydrogen) atoms. The average molecular weight is 286 g/mol. The molecule has 0 bridgehead atoms. The second kappa shape index (κ2) is 5.53. The Morgan fingerprint density at radius 1 is 1.33 bits per heavy atom. The Bertz CT molecular complexity index is 654. The highest BCUT2D eigenvalue weighted by Crippen LogP contribution is 2.28. The number of nitrogens with one attached hydrogen (secondary N) is 1. The molecule has 3 rings (SSSR count). The van der Waals surface area contributed by atoms with Gasteiger partial charge in [-0.1, -0.05) is 31.0 Å². The summed E-state index contributed by atoms with van der Waals surface area (Å²) in [7, 11) is 0. The molecule has 1 amide bonds. The third-order valence-electron chi connectivity index (χ3n) is 4.47. The molecule has 2 N–H and O–H groups in total. The van der Waals surface area contributed by atoms with Crippen molar-refractivity contribution in [3.63, 3.8) is 0 Å². The highest BCUT2D eigenvalue weighted by Gasteiger charge is 2.31. The van der Waals surface area contributed by atoms with Crippen molar-refractivity contribution in [2.75, 3.05) is 6.54 Å². The molecule has 0 aliphatic heterocycles. The first kappa shape index (κ1) is 14.1. The van der Waals surface area contributed by atoms with E-state index in [2.05, 4.69) is 17.4 Å². The van der Waals surface area contributed by atoms with Gasteiger partial charge in [-0.3, -0.25) is 4.79 Å². The number of hydrogen-bond acceptors (Lipinski definition) is 2. The predicted octanol–water partition coefficient (Wildman–Crippen LogP) is 2.37. The van der Waals surface area contributed by atoms with Crippen LogP contribution in [-0.2, 0) is 11.3 Å². The summed E-state index contributed by atoms with van der Waals surface area (Å²) in [5.41, 5.74) is 1.46. The lowest BCUT2D eigenvalue weighted by atomic mass is 10.0. The molecule has 4 nitrogen and oxygen atoms in total. The Labute approximate surface area is 124 Å². The summed E-state index contributed by atoms with van der Waals surface area (Å²) < 4.78 is 2.02. The number of nitrogens with zero attached hydrogens (tertiary/aromatic N) is 1. The van der Waals surface area contributed by atoms with Crippen molar-refractivity contribution in [2.24, 2.45) is 0 Å². The fraction of sp³-hybridized carbons (Fsp3) is 0.471. The number of carbonyl (C=O) groups is 1. The van der Waals surface area contributed by atoms with Gasteiger partial charge in [0.15, 0.2) is 0 Å². The molecule has 4 heteroatoms. The number of carbonyl (C=O) groups excluding carboxylic acids is 1. The lowest BCUT2D eigenvalue weighted by Gasteiger charge is -2.22. The molecule has 1 fully saturated rings. The molecule has 1 heterocycles. The highest BCUT2D eigenvalue weighted by molar-refractivity contribution is 5.84. The molecule has 0 atom stereocenters. The van der Waals surface area contributed by atoms with Crippen LogP contribution in [0, 0.1) is 6.92 Å². The molecule has 1 saturated carbocycles. The van der Waals surface area contributed by atoms with Crippen LogP contribution < -0.4 is 5.32 Å². The highest BCUT2D eigenvalue weighted by atomic mass is 16.3. The van der Waals surface area contributed by atoms with Crippen LogP contribution in [0.4, 0.5) is 0 Å². The van der Waals surface area contributed by atoms with Gasteiger partial charge in [-0.05, 0) is 37.3 Å². The van der Waals surface area contributed by atoms with Crippen molar-refractivity contribution in [1.82, 2.24) is 9.88 Å². The summed E-state index contributed by atoms with van der Waals surface area (Å²) in [6.07, 6.45) is 3.68. The zero-order chi connectivity index (χ0) is 14.9. The van der Waals surface area contributed by atoms with E-state index in [0.717, 1.165) is 42.3 Å². The lowest BCUT2D eigenvalue weighted by Crippen LogP contribution is -2.41. The van der Waals surface area contributed by atoms with Gasteiger partial charge in [0.2, 0.25) is 5.91 Å². The minimum Gasteiger partial charge on any atom is -0.388 e. The van der Waals surface area contributed by atoms with Crippen LogP contribution in [0.15, 0.2) is 30.3 Å². The smallest absolute Gasteiger partial charge is 0.240 e. The molecular weight excluding hydrogens is 264 g/mol. The molecule has 0 unspecified atom stereocenters. The number of amides is 1. The molecule has 1 aliphatic rings. The monoisotopic (exact) mass is 286 g/mol. The molecule has 1 aromatic heterocycles. The van der Waals surface area contributed by atoms with Gasteiger partial charge < -0.3 is 15.0 Å². The molecule has 0 saturated heterocycles. The van der Waals surface area contributed by atoms with Gasteiger partial charge in [0.05, 0.1) is 5.60 Å². The van der Waals surface area contributed by atoms with Crippen LogP contribution in [0.2, 0.25) is 0 Å². The van der Waals surface area contributed by atoms with Crippen LogP contribution in [0.3, 0.4) is 0 Å². The van der Waals surface area contributed by atoms with Gasteiger partial charge in [-0.25, -0.2) is 0 Å². The van der Waals surface area contributed by atoms with E-state index in [9.17, 15) is 9.90 Å². The van der Waals surface area contributed by atoms with Gasteiger partial charge >= 0.3 is 0 Å². The van der Waals surface area contributed by atoms with E-state index in [4.69, 9.17) is 0 Å². The Kier molecular flexibility index (Phi) is 3.72. The Morgan fingerprint density at radius 2 is 2.05 bits per heavy atom. The van der Waals surface area contributed by atoms with Crippen molar-refractivity contribution in [1.29, 1.82) is 0 Å². The van der Waals surface area contributed by atoms with Gasteiger partial charge in [0.1, 0.15) is 6.54 Å². The summed E-state index contributed by atoms with van der Waals surface area (Å²) >= 11 is 0. The fourth-order valence-electron chi connectivity index (χ4n) is 3.23. The topological polar surface area (TPSA) is 54.3 Å². The first-order valence-corrected chi connectivity index (χ1v) is 7.61. The van der Waals surface area contributed by atoms with Gasteiger partial charge in [0, 0.05) is 17.8 Å². The van der Waals surface area contributed by atoms with Gasteiger partial charge in [-0.15, -0.1) is 0 Å². The van der Waals surface area contributed by atoms with Crippen LogP contribution in [-0.4, -0.2) is 27.7 Å². The molecule has 0 radical (unpaired) electrons. The van der Waals surface area contributed by atoms with Gasteiger partial charge in [0.25, 0.3) is 0 Å². The number of aliphatic hydroxyl groups is 1. The average Bonchev–Trinajstić information content (AvgIpc) is 3.03. The SMILES string of the molecule is Cc1cc2ccccc2n1CC(=O)NCC1(O)CCCC1. The van der Waals surface area contributed by atoms with Crippen LogP contribution in [0.25, 0.3) is 10.9 Å². The molecule has 0 spiro atoms. The van der Waals surface area contributed by atoms with E-state index in [-0.39, 0.29) is 5.91 Å². The Hall–Kier alpha value is -1.81. The summed E-state index contributed by atoms with van der Waals surface area (Å²) in [6.45, 7) is 2.68. The van der Waals surface area contributed by atoms with Crippen LogP contribution >= 0.6 is 0 Å². The van der Waals surface area contributed by atoms with E-state index >= 15 is 0 Å². The summed E-state index contributed by atoms with van der Waals surface area (Å²) in [4.78, 5) is 12.2. The minimum absolute atomic E-state index is 0.0419. The third kappa shape index (κ3) is 2.95. The van der Waals surface area contributed by atoms with Crippen molar-refractivity contribution in [2.45, 2.75) is 44.8 Å². The van der Waals surface area contributed by atoms with Crippen molar-refractivity contribution in [3.8, 4) is 0 Å². The quantitative estimate of drug-likeness (QED) is 0.906. The normalized spacial score (nSPS) is 17.2. The number of fused-ring (bicyclic) bond motifs is 1. The first-order chi connectivity index (χ1) is 10.1. The molecule has 112 valence electrons. The molecule has 1 aliphatic carbocycles. The third-order valence-corrected chi connectivity index (χ3v) is 4.47. The summed E-state index contributed by atoms with van der Waals surface area (Å²) in [5, 5.41) is 14.3. The number of hydrogen-bond donors (Lipinski definition) is 2. The van der Waals surface area contributed by atoms with Crippen LogP contribution in [0.1, 0.15) is 31.4 Å². The van der Waals surface area contributed by atoms with E-state index < -0.39 is 5.60 Å². The molecule has 1 aromatic carbocycles. The number of para-hydroxylation sites is 1. The van der Waals surface area contributed by atoms with Crippen LogP contribution in [0.5, 0.6) is 0 Å². The number of benzene rings is 1. The van der Waals surface area contributed by atoms with E-state index in [1.807, 2.05) is 29.7 Å². The van der Waals surface area contributed by atoms with E-state index in [1.165, 1.54) is 0 Å². The minimum atomic E-state index is -0.691. The summed E-state index contributed by atoms with van der Waals surface area (Å²) in [5.74, 6) is -0.0419. The Balaban J connectivity index is 1.67. The van der Waals surface area contributed by atoms with E-state index in [0.29, 0.717) is 13.1 Å². The van der Waals surface area contributed by atoms with Crippen molar-refractivity contribution in [3.05, 3.63) is 36.0 Å². The number of rotatable bonds is 4. The zero-order valence-electron chi connectivity index (χ0n) is 12.4. The second-order valence-electron chi connectivity index (χ2n) is 6.14. The maximum absolute atomic E-state index is 12.2. The summed E-state index contributed by atoms with van der Waals surface area (Å²) in [6, 6.07) is 10.2. The van der Waals surface area contributed by atoms with E-state index in [1.54, 1.807) is 0 Å². The maximum Gasteiger partial charge on any atom is 0.240 e. The fourth-order valence-corrected chi connectivity index (χ4v) is 3.23. The van der Waals surface area contributed by atoms with Crippen molar-refractivity contribution >= 4 is 16.8 Å². The Morgan fingerprint density at radius 3 is 2.81 bits per heavy atom. The lowest BCUT2D eigenvalue weighted by molar-refractivity contribution is -0.122. The largest absolute Gasteiger partial charge is 0.388 e. The molecule has 2 aromatic rings. The second-order valence-corrected chi connectivity index (χ2v) is 6.14. The maximum atomic E-state index is 12.2. The van der Waals surface area contributed by atoms with Gasteiger partial charge in [-0.2, -0.15) is 0 Å². The zero-order valence-corrected chi connectivity index (χ0v) is 12.4. The number of aromatic nitrogens is 1. The first-order valence-electron chi connectivity index (χ1n) is 7.61.